The van der Waals surface area contributed by atoms with Crippen LogP contribution in [-0.2, 0) is 10.3 Å². The van der Waals surface area contributed by atoms with Crippen LogP contribution in [0.2, 0.25) is 0 Å². The van der Waals surface area contributed by atoms with E-state index in [9.17, 15) is 5.11 Å². The van der Waals surface area contributed by atoms with Crippen LogP contribution in [0.1, 0.15) is 50.4 Å². The molecule has 1 saturated heterocycles. The van der Waals surface area contributed by atoms with Crippen LogP contribution >= 0.6 is 0 Å². The first-order valence-electron chi connectivity index (χ1n) is 12.3. The molecular formula is C28H34N2O3. The fourth-order valence-corrected chi connectivity index (χ4v) is 5.41. The number of hydrogen-bond donors (Lipinski definition) is 1. The predicted octanol–water partition coefficient (Wildman–Crippen LogP) is 5.37. The van der Waals surface area contributed by atoms with Gasteiger partial charge in [-0.15, -0.1) is 0 Å². The van der Waals surface area contributed by atoms with Crippen LogP contribution in [0.25, 0.3) is 11.0 Å². The van der Waals surface area contributed by atoms with Crippen molar-refractivity contribution in [3.05, 3.63) is 72.0 Å². The molecule has 33 heavy (non-hydrogen) atoms. The third kappa shape index (κ3) is 4.99. The number of hydrogen-bond acceptors (Lipinski definition) is 5. The fourth-order valence-electron chi connectivity index (χ4n) is 5.41. The van der Waals surface area contributed by atoms with Crippen LogP contribution in [0, 0.1) is 5.92 Å². The van der Waals surface area contributed by atoms with Gasteiger partial charge in [-0.05, 0) is 61.9 Å². The number of oxime groups is 1. The Morgan fingerprint density at radius 3 is 2.58 bits per heavy atom. The van der Waals surface area contributed by atoms with Crippen molar-refractivity contribution in [2.24, 2.45) is 11.1 Å². The van der Waals surface area contributed by atoms with Crippen molar-refractivity contribution in [3.63, 3.8) is 0 Å². The van der Waals surface area contributed by atoms with Crippen molar-refractivity contribution >= 4 is 16.7 Å². The van der Waals surface area contributed by atoms with E-state index in [0.717, 1.165) is 48.4 Å². The van der Waals surface area contributed by atoms with E-state index >= 15 is 0 Å². The van der Waals surface area contributed by atoms with Crippen LogP contribution in [-0.4, -0.2) is 48.1 Å². The maximum Gasteiger partial charge on any atom is 0.153 e. The lowest BCUT2D eigenvalue weighted by molar-refractivity contribution is 0.0146. The second-order valence-electron chi connectivity index (χ2n) is 9.97. The molecule has 5 nitrogen and oxygen atoms in total. The number of rotatable bonds is 8. The van der Waals surface area contributed by atoms with Crippen molar-refractivity contribution < 1.29 is 14.4 Å². The number of aliphatic hydroxyl groups excluding tert-OH is 1. The highest BCUT2D eigenvalue weighted by atomic mass is 16.6. The number of β-amino-alcohol motifs (C(OH)–C–C–N with tert-alkyl or cyclic N) is 1. The molecule has 174 valence electrons. The minimum atomic E-state index is -0.542. The van der Waals surface area contributed by atoms with Crippen molar-refractivity contribution in [2.45, 2.75) is 50.5 Å². The Hall–Kier alpha value is -2.63. The summed E-state index contributed by atoms with van der Waals surface area (Å²) in [5.74, 6) is 1.02. The van der Waals surface area contributed by atoms with Gasteiger partial charge in [0, 0.05) is 17.8 Å². The maximum absolute atomic E-state index is 10.5. The van der Waals surface area contributed by atoms with Gasteiger partial charge in [0.15, 0.2) is 5.76 Å². The summed E-state index contributed by atoms with van der Waals surface area (Å²) in [6, 6.07) is 20.8. The SMILES string of the molecule is CC1(c2ccccc2)CC(/C(=N\OCC(O)CN2CCCCC2)c2cc3ccccc3o2)C1. The molecule has 5 rings (SSSR count). The predicted molar refractivity (Wildman–Crippen MR) is 132 cm³/mol. The zero-order valence-electron chi connectivity index (χ0n) is 19.5. The molecule has 1 aromatic heterocycles. The van der Waals surface area contributed by atoms with Gasteiger partial charge in [-0.2, -0.15) is 0 Å². The van der Waals surface area contributed by atoms with Gasteiger partial charge < -0.3 is 19.3 Å². The quantitative estimate of drug-likeness (QED) is 0.373. The van der Waals surface area contributed by atoms with Crippen LogP contribution in [0.5, 0.6) is 0 Å². The first-order chi connectivity index (χ1) is 16.1. The smallest absolute Gasteiger partial charge is 0.153 e. The zero-order chi connectivity index (χ0) is 22.7. The van der Waals surface area contributed by atoms with Crippen molar-refractivity contribution in [2.75, 3.05) is 26.2 Å². The Balaban J connectivity index is 1.30. The number of benzene rings is 2. The largest absolute Gasteiger partial charge is 0.455 e. The molecule has 0 amide bonds. The molecule has 3 aromatic rings. The van der Waals surface area contributed by atoms with Gasteiger partial charge in [0.25, 0.3) is 0 Å². The lowest BCUT2D eigenvalue weighted by Gasteiger charge is -2.45. The van der Waals surface area contributed by atoms with E-state index in [1.807, 2.05) is 18.2 Å². The van der Waals surface area contributed by atoms with E-state index in [1.165, 1.54) is 24.8 Å². The Morgan fingerprint density at radius 2 is 1.82 bits per heavy atom. The van der Waals surface area contributed by atoms with Gasteiger partial charge in [0.2, 0.25) is 0 Å². The van der Waals surface area contributed by atoms with Crippen LogP contribution in [0.3, 0.4) is 0 Å². The van der Waals surface area contributed by atoms with E-state index in [0.29, 0.717) is 6.54 Å². The highest BCUT2D eigenvalue weighted by Crippen LogP contribution is 2.49. The molecule has 0 bridgehead atoms. The molecule has 2 fully saturated rings. The second-order valence-corrected chi connectivity index (χ2v) is 9.97. The number of fused-ring (bicyclic) bond motifs is 1. The summed E-state index contributed by atoms with van der Waals surface area (Å²) in [5, 5.41) is 16.1. The summed E-state index contributed by atoms with van der Waals surface area (Å²) in [7, 11) is 0. The number of aliphatic hydroxyl groups is 1. The van der Waals surface area contributed by atoms with Crippen molar-refractivity contribution in [3.8, 4) is 0 Å². The lowest BCUT2D eigenvalue weighted by Crippen LogP contribution is -2.42. The molecule has 2 aromatic carbocycles. The standard InChI is InChI=1S/C28H34N2O3/c1-28(23-11-4-2-5-12-23)17-22(18-28)27(26-16-21-10-6-7-13-25(21)33-26)29-32-20-24(31)19-30-14-8-3-9-15-30/h2,4-7,10-13,16,22,24,31H,3,8-9,14-15,17-20H2,1H3/b29-27+. The first kappa shape index (κ1) is 22.2. The number of furan rings is 1. The van der Waals surface area contributed by atoms with Crippen LogP contribution in [0.4, 0.5) is 0 Å². The fraction of sp³-hybridized carbons (Fsp3) is 0.464. The molecule has 1 aliphatic heterocycles. The summed E-state index contributed by atoms with van der Waals surface area (Å²) < 4.78 is 6.16. The van der Waals surface area contributed by atoms with Crippen LogP contribution < -0.4 is 0 Å². The topological polar surface area (TPSA) is 58.2 Å². The average Bonchev–Trinajstić information content (AvgIpc) is 3.25. The first-order valence-corrected chi connectivity index (χ1v) is 12.3. The molecular weight excluding hydrogens is 412 g/mol. The highest BCUT2D eigenvalue weighted by molar-refractivity contribution is 6.03. The summed E-state index contributed by atoms with van der Waals surface area (Å²) >= 11 is 0. The summed E-state index contributed by atoms with van der Waals surface area (Å²) in [4.78, 5) is 8.05. The van der Waals surface area contributed by atoms with E-state index in [2.05, 4.69) is 59.4 Å². The van der Waals surface area contributed by atoms with Crippen molar-refractivity contribution in [1.82, 2.24) is 4.90 Å². The highest BCUT2D eigenvalue weighted by Gasteiger charge is 2.45. The van der Waals surface area contributed by atoms with E-state index in [-0.39, 0.29) is 17.9 Å². The molecule has 1 saturated carbocycles. The summed E-state index contributed by atoms with van der Waals surface area (Å²) in [5.41, 5.74) is 3.20. The monoisotopic (exact) mass is 446 g/mol. The molecule has 0 radical (unpaired) electrons. The second kappa shape index (κ2) is 9.70. The molecule has 5 heteroatoms. The van der Waals surface area contributed by atoms with Gasteiger partial charge in [-0.25, -0.2) is 0 Å². The van der Waals surface area contributed by atoms with Gasteiger partial charge >= 0.3 is 0 Å². The third-order valence-corrected chi connectivity index (χ3v) is 7.28. The minimum absolute atomic E-state index is 0.131. The van der Waals surface area contributed by atoms with Gasteiger partial charge in [-0.1, -0.05) is 67.0 Å². The van der Waals surface area contributed by atoms with Crippen molar-refractivity contribution in [1.29, 1.82) is 0 Å². The van der Waals surface area contributed by atoms with E-state index in [1.54, 1.807) is 0 Å². The number of para-hydroxylation sites is 1. The summed E-state index contributed by atoms with van der Waals surface area (Å²) in [6.45, 7) is 5.28. The Kier molecular flexibility index (Phi) is 6.52. The molecule has 2 heterocycles. The average molecular weight is 447 g/mol. The number of likely N-dealkylation sites (tertiary alicyclic amines) is 1. The molecule has 0 spiro atoms. The molecule has 1 N–H and O–H groups in total. The van der Waals surface area contributed by atoms with Gasteiger partial charge in [-0.3, -0.25) is 0 Å². The van der Waals surface area contributed by atoms with Gasteiger partial charge in [0.05, 0.1) is 0 Å². The van der Waals surface area contributed by atoms with Gasteiger partial charge in [0.1, 0.15) is 24.0 Å². The number of nitrogens with zero attached hydrogens (tertiary/aromatic N) is 2. The molecule has 1 unspecified atom stereocenters. The molecule has 2 aliphatic rings. The third-order valence-electron chi connectivity index (χ3n) is 7.28. The Morgan fingerprint density at radius 1 is 1.09 bits per heavy atom. The molecule has 1 atom stereocenters. The zero-order valence-corrected chi connectivity index (χ0v) is 19.5. The van der Waals surface area contributed by atoms with E-state index < -0.39 is 6.10 Å². The normalized spacial score (nSPS) is 25.0. The Bertz CT molecular complexity index is 1050. The summed E-state index contributed by atoms with van der Waals surface area (Å²) in [6.07, 6.45) is 5.16. The minimum Gasteiger partial charge on any atom is -0.455 e. The maximum atomic E-state index is 10.5. The van der Waals surface area contributed by atoms with Crippen LogP contribution in [0.15, 0.2) is 70.2 Å². The molecule has 1 aliphatic carbocycles. The van der Waals surface area contributed by atoms with E-state index in [4.69, 9.17) is 9.25 Å². The number of piperidine rings is 1. The Labute approximate surface area is 196 Å². The lowest BCUT2D eigenvalue weighted by atomic mass is 9.58.